The second-order valence-electron chi connectivity index (χ2n) is 4.17. The predicted molar refractivity (Wildman–Crippen MR) is 70.3 cm³/mol. The number of hydrogen-bond acceptors (Lipinski definition) is 5. The molecule has 0 aliphatic heterocycles. The average molecular weight is 260 g/mol. The van der Waals surface area contributed by atoms with E-state index in [1.54, 1.807) is 13.8 Å². The Balaban J connectivity index is 1.91. The Labute approximate surface area is 111 Å². The fraction of sp³-hybridized carbons (Fsp3) is 0.308. The van der Waals surface area contributed by atoms with Crippen molar-refractivity contribution < 1.29 is 9.36 Å². The van der Waals surface area contributed by atoms with E-state index in [-0.39, 0.29) is 0 Å². The molecule has 1 aromatic heterocycles. The van der Waals surface area contributed by atoms with Gasteiger partial charge in [0.05, 0.1) is 0 Å². The van der Waals surface area contributed by atoms with E-state index in [4.69, 9.17) is 15.1 Å². The van der Waals surface area contributed by atoms with E-state index in [0.29, 0.717) is 24.0 Å². The maximum absolute atomic E-state index is 5.80. The summed E-state index contributed by atoms with van der Waals surface area (Å²) in [4.78, 5) is 9.30. The number of amidine groups is 1. The minimum Gasteiger partial charge on any atom is -0.384 e. The van der Waals surface area contributed by atoms with Crippen molar-refractivity contribution in [1.29, 1.82) is 0 Å². The van der Waals surface area contributed by atoms with E-state index in [1.165, 1.54) is 0 Å². The molecule has 2 N–H and O–H groups in total. The Morgan fingerprint density at radius 1 is 1.42 bits per heavy atom. The number of oxime groups is 1. The van der Waals surface area contributed by atoms with Gasteiger partial charge in [-0.25, -0.2) is 0 Å². The summed E-state index contributed by atoms with van der Waals surface area (Å²) < 4.78 is 4.98. The minimum absolute atomic E-state index is 0.383. The fourth-order valence-electron chi connectivity index (χ4n) is 1.51. The number of aromatic nitrogens is 2. The van der Waals surface area contributed by atoms with Crippen LogP contribution in [0.15, 0.2) is 40.0 Å². The van der Waals surface area contributed by atoms with Gasteiger partial charge in [0, 0.05) is 6.42 Å². The molecule has 0 radical (unpaired) electrons. The fourth-order valence-corrected chi connectivity index (χ4v) is 1.51. The largest absolute Gasteiger partial charge is 0.384 e. The van der Waals surface area contributed by atoms with Gasteiger partial charge in [0.1, 0.15) is 5.84 Å². The van der Waals surface area contributed by atoms with Crippen LogP contribution in [0.1, 0.15) is 30.3 Å². The quantitative estimate of drug-likeness (QED) is 0.504. The molecule has 0 aliphatic rings. The second kappa shape index (κ2) is 5.99. The molecule has 0 aliphatic carbocycles. The monoisotopic (exact) mass is 260 g/mol. The molecule has 0 bridgehead atoms. The van der Waals surface area contributed by atoms with Crippen LogP contribution in [0.25, 0.3) is 0 Å². The van der Waals surface area contributed by atoms with Crippen molar-refractivity contribution in [2.75, 3.05) is 0 Å². The summed E-state index contributed by atoms with van der Waals surface area (Å²) in [5, 5.41) is 7.56. The Hall–Kier alpha value is -2.37. The predicted octanol–water partition coefficient (Wildman–Crippen LogP) is 1.97. The third kappa shape index (κ3) is 3.80. The van der Waals surface area contributed by atoms with Crippen LogP contribution >= 0.6 is 0 Å². The molecule has 1 atom stereocenters. The summed E-state index contributed by atoms with van der Waals surface area (Å²) in [5.41, 5.74) is 6.87. The van der Waals surface area contributed by atoms with Crippen LogP contribution in [0, 0.1) is 6.92 Å². The molecule has 2 rings (SSSR count). The van der Waals surface area contributed by atoms with Gasteiger partial charge < -0.3 is 15.1 Å². The van der Waals surface area contributed by atoms with Crippen molar-refractivity contribution in [2.45, 2.75) is 26.4 Å². The number of rotatable bonds is 5. The van der Waals surface area contributed by atoms with Crippen molar-refractivity contribution >= 4 is 5.84 Å². The van der Waals surface area contributed by atoms with Crippen LogP contribution in [-0.4, -0.2) is 16.0 Å². The summed E-state index contributed by atoms with van der Waals surface area (Å²) in [6.45, 7) is 3.51. The molecule has 6 nitrogen and oxygen atoms in total. The normalized spacial score (nSPS) is 13.3. The lowest BCUT2D eigenvalue weighted by molar-refractivity contribution is 0.0475. The third-order valence-corrected chi connectivity index (χ3v) is 2.45. The summed E-state index contributed by atoms with van der Waals surface area (Å²) in [7, 11) is 0. The standard InChI is InChI=1S/C13H16N4O2/c1-9(13-15-10(2)16-19-13)18-17-12(14)8-11-6-4-3-5-7-11/h3-7,9H,8H2,1-2H3,(H2,14,17)/t9-/m0/s1. The van der Waals surface area contributed by atoms with Gasteiger partial charge in [-0.1, -0.05) is 40.6 Å². The Morgan fingerprint density at radius 3 is 2.79 bits per heavy atom. The van der Waals surface area contributed by atoms with Crippen molar-refractivity contribution in [1.82, 2.24) is 10.1 Å². The number of benzene rings is 1. The molecule has 100 valence electrons. The minimum atomic E-state index is -0.421. The van der Waals surface area contributed by atoms with E-state index < -0.39 is 6.10 Å². The highest BCUT2D eigenvalue weighted by Crippen LogP contribution is 2.14. The first kappa shape index (κ1) is 13.1. The number of hydrogen-bond donors (Lipinski definition) is 1. The van der Waals surface area contributed by atoms with Gasteiger partial charge in [-0.05, 0) is 19.4 Å². The van der Waals surface area contributed by atoms with Crippen molar-refractivity contribution in [3.8, 4) is 0 Å². The number of nitrogens with zero attached hydrogens (tertiary/aromatic N) is 3. The van der Waals surface area contributed by atoms with Gasteiger partial charge in [-0.15, -0.1) is 0 Å². The Bertz CT molecular complexity index is 551. The molecule has 0 saturated heterocycles. The maximum Gasteiger partial charge on any atom is 0.270 e. The van der Waals surface area contributed by atoms with Crippen molar-refractivity contribution in [2.24, 2.45) is 10.9 Å². The summed E-state index contributed by atoms with van der Waals surface area (Å²) in [6, 6.07) is 9.81. The lowest BCUT2D eigenvalue weighted by atomic mass is 10.1. The van der Waals surface area contributed by atoms with Crippen LogP contribution in [-0.2, 0) is 11.3 Å². The first-order chi connectivity index (χ1) is 9.15. The van der Waals surface area contributed by atoms with E-state index in [2.05, 4.69) is 15.3 Å². The highest BCUT2D eigenvalue weighted by Gasteiger charge is 2.14. The molecule has 1 aromatic carbocycles. The molecule has 0 unspecified atom stereocenters. The topological polar surface area (TPSA) is 86.5 Å². The van der Waals surface area contributed by atoms with Gasteiger partial charge in [0.15, 0.2) is 5.82 Å². The number of nitrogens with two attached hydrogens (primary N) is 1. The van der Waals surface area contributed by atoms with Crippen LogP contribution in [0.2, 0.25) is 0 Å². The molecule has 0 fully saturated rings. The zero-order chi connectivity index (χ0) is 13.7. The van der Waals surface area contributed by atoms with E-state index in [9.17, 15) is 0 Å². The van der Waals surface area contributed by atoms with E-state index in [1.807, 2.05) is 30.3 Å². The van der Waals surface area contributed by atoms with Gasteiger partial charge in [-0.2, -0.15) is 4.98 Å². The van der Waals surface area contributed by atoms with Crippen LogP contribution < -0.4 is 5.73 Å². The van der Waals surface area contributed by atoms with E-state index in [0.717, 1.165) is 5.56 Å². The highest BCUT2D eigenvalue weighted by atomic mass is 16.6. The second-order valence-corrected chi connectivity index (χ2v) is 4.17. The van der Waals surface area contributed by atoms with E-state index >= 15 is 0 Å². The lowest BCUT2D eigenvalue weighted by Gasteiger charge is -2.05. The molecule has 0 spiro atoms. The van der Waals surface area contributed by atoms with Crippen molar-refractivity contribution in [3.63, 3.8) is 0 Å². The SMILES string of the molecule is Cc1noc([C@H](C)ON=C(N)Cc2ccccc2)n1. The van der Waals surface area contributed by atoms with Crippen LogP contribution in [0.5, 0.6) is 0 Å². The number of aryl methyl sites for hydroxylation is 1. The smallest absolute Gasteiger partial charge is 0.270 e. The molecule has 6 heteroatoms. The van der Waals surface area contributed by atoms with Gasteiger partial charge in [-0.3, -0.25) is 0 Å². The summed E-state index contributed by atoms with van der Waals surface area (Å²) in [5.74, 6) is 1.34. The zero-order valence-electron chi connectivity index (χ0n) is 10.9. The first-order valence-corrected chi connectivity index (χ1v) is 5.97. The highest BCUT2D eigenvalue weighted by molar-refractivity contribution is 5.82. The van der Waals surface area contributed by atoms with Crippen LogP contribution in [0.4, 0.5) is 0 Å². The molecular weight excluding hydrogens is 244 g/mol. The molecule has 19 heavy (non-hydrogen) atoms. The molecule has 0 saturated carbocycles. The van der Waals surface area contributed by atoms with Crippen LogP contribution in [0.3, 0.4) is 0 Å². The average Bonchev–Trinajstić information content (AvgIpc) is 2.84. The zero-order valence-corrected chi connectivity index (χ0v) is 10.9. The molecule has 2 aromatic rings. The maximum atomic E-state index is 5.80. The summed E-state index contributed by atoms with van der Waals surface area (Å²) >= 11 is 0. The molecular formula is C13H16N4O2. The van der Waals surface area contributed by atoms with Crippen molar-refractivity contribution in [3.05, 3.63) is 47.6 Å². The summed E-state index contributed by atoms with van der Waals surface area (Å²) in [6.07, 6.45) is 0.117. The molecule has 0 amide bonds. The first-order valence-electron chi connectivity index (χ1n) is 5.97. The Morgan fingerprint density at radius 2 is 2.16 bits per heavy atom. The van der Waals surface area contributed by atoms with Gasteiger partial charge in [0.2, 0.25) is 6.10 Å². The third-order valence-electron chi connectivity index (χ3n) is 2.45. The Kier molecular flexibility index (Phi) is 4.12. The van der Waals surface area contributed by atoms with Gasteiger partial charge in [0.25, 0.3) is 5.89 Å². The lowest BCUT2D eigenvalue weighted by Crippen LogP contribution is -2.16. The molecule has 1 heterocycles. The van der Waals surface area contributed by atoms with Gasteiger partial charge >= 0.3 is 0 Å².